The lowest BCUT2D eigenvalue weighted by Gasteiger charge is -2.05. The van der Waals surface area contributed by atoms with Gasteiger partial charge >= 0.3 is 0 Å². The van der Waals surface area contributed by atoms with Crippen molar-refractivity contribution in [2.75, 3.05) is 5.32 Å². The number of nitrogens with zero attached hydrogens (tertiary/aromatic N) is 1. The molecule has 0 aliphatic rings. The topological polar surface area (TPSA) is 62.2 Å². The average Bonchev–Trinajstić information content (AvgIpc) is 2.34. The van der Waals surface area contributed by atoms with E-state index in [-0.39, 0.29) is 11.6 Å². The first-order valence-corrected chi connectivity index (χ1v) is 5.29. The molecule has 2 aromatic rings. The number of carbonyl (C=O) groups excluding carboxylic acids is 1. The molecular formula is C13H11FN2O2. The Labute approximate surface area is 103 Å². The number of rotatable bonds is 2. The fourth-order valence-corrected chi connectivity index (χ4v) is 1.39. The van der Waals surface area contributed by atoms with Crippen LogP contribution in [0.1, 0.15) is 16.1 Å². The fourth-order valence-electron chi connectivity index (χ4n) is 1.39. The summed E-state index contributed by atoms with van der Waals surface area (Å²) in [7, 11) is 0. The Morgan fingerprint density at radius 1 is 1.33 bits per heavy atom. The third-order valence-corrected chi connectivity index (χ3v) is 2.38. The summed E-state index contributed by atoms with van der Waals surface area (Å²) < 4.78 is 13.1. The molecule has 5 heteroatoms. The maximum atomic E-state index is 13.1. The van der Waals surface area contributed by atoms with Crippen LogP contribution >= 0.6 is 0 Å². The average molecular weight is 246 g/mol. The number of hydrogen-bond acceptors (Lipinski definition) is 3. The molecule has 0 spiro atoms. The molecule has 18 heavy (non-hydrogen) atoms. The number of aromatic hydroxyl groups is 1. The summed E-state index contributed by atoms with van der Waals surface area (Å²) in [5.74, 6) is -1.62. The molecule has 0 radical (unpaired) electrons. The predicted molar refractivity (Wildman–Crippen MR) is 65.0 cm³/mol. The second-order valence-corrected chi connectivity index (χ2v) is 3.81. The quantitative estimate of drug-likeness (QED) is 0.800. The molecule has 0 aliphatic carbocycles. The van der Waals surface area contributed by atoms with E-state index in [1.807, 2.05) is 6.92 Å². The largest absolute Gasteiger partial charge is 0.505 e. The van der Waals surface area contributed by atoms with Gasteiger partial charge in [-0.15, -0.1) is 0 Å². The number of aromatic nitrogens is 1. The molecule has 1 amide bonds. The van der Waals surface area contributed by atoms with Crippen molar-refractivity contribution in [3.63, 3.8) is 0 Å². The second kappa shape index (κ2) is 4.83. The molecule has 1 aromatic carbocycles. The van der Waals surface area contributed by atoms with Crippen LogP contribution in [0.5, 0.6) is 5.75 Å². The van der Waals surface area contributed by atoms with Crippen molar-refractivity contribution in [2.24, 2.45) is 0 Å². The van der Waals surface area contributed by atoms with Crippen LogP contribution in [-0.2, 0) is 0 Å². The minimum absolute atomic E-state index is 0.274. The van der Waals surface area contributed by atoms with E-state index in [1.54, 1.807) is 12.1 Å². The van der Waals surface area contributed by atoms with Gasteiger partial charge in [-0.05, 0) is 31.2 Å². The minimum atomic E-state index is -0.783. The van der Waals surface area contributed by atoms with Crippen LogP contribution < -0.4 is 5.32 Å². The van der Waals surface area contributed by atoms with E-state index in [0.29, 0.717) is 5.56 Å². The number of hydrogen-bond donors (Lipinski definition) is 2. The van der Waals surface area contributed by atoms with Gasteiger partial charge in [-0.1, -0.05) is 0 Å². The Kier molecular flexibility index (Phi) is 3.23. The number of benzene rings is 1. The Morgan fingerprint density at radius 3 is 2.72 bits per heavy atom. The molecule has 2 N–H and O–H groups in total. The minimum Gasteiger partial charge on any atom is -0.505 e. The summed E-state index contributed by atoms with van der Waals surface area (Å²) in [6.45, 7) is 1.82. The monoisotopic (exact) mass is 246 g/mol. The van der Waals surface area contributed by atoms with Gasteiger partial charge < -0.3 is 10.4 Å². The Bertz CT molecular complexity index is 582. The van der Waals surface area contributed by atoms with Crippen molar-refractivity contribution < 1.29 is 14.3 Å². The van der Waals surface area contributed by atoms with Crippen molar-refractivity contribution in [2.45, 2.75) is 6.92 Å². The van der Waals surface area contributed by atoms with Gasteiger partial charge in [0, 0.05) is 23.6 Å². The molecule has 0 saturated carbocycles. The summed E-state index contributed by atoms with van der Waals surface area (Å²) in [6.07, 6.45) is 1.45. The highest BCUT2D eigenvalue weighted by atomic mass is 19.1. The van der Waals surface area contributed by atoms with E-state index < -0.39 is 11.6 Å². The summed E-state index contributed by atoms with van der Waals surface area (Å²) in [6, 6.07) is 6.99. The maximum Gasteiger partial charge on any atom is 0.257 e. The molecular weight excluding hydrogens is 235 g/mol. The van der Waals surface area contributed by atoms with Crippen LogP contribution in [0, 0.1) is 12.7 Å². The third kappa shape index (κ3) is 2.63. The first kappa shape index (κ1) is 12.0. The Balaban J connectivity index is 2.16. The fraction of sp³-hybridized carbons (Fsp3) is 0.0769. The Morgan fingerprint density at radius 2 is 2.11 bits per heavy atom. The van der Waals surface area contributed by atoms with Crippen molar-refractivity contribution in [1.29, 1.82) is 0 Å². The third-order valence-electron chi connectivity index (χ3n) is 2.38. The lowest BCUT2D eigenvalue weighted by molar-refractivity contribution is 0.102. The lowest BCUT2D eigenvalue weighted by Crippen LogP contribution is -2.12. The summed E-state index contributed by atoms with van der Waals surface area (Å²) in [5, 5.41) is 11.5. The zero-order valence-electron chi connectivity index (χ0n) is 9.64. The van der Waals surface area contributed by atoms with E-state index in [2.05, 4.69) is 10.3 Å². The van der Waals surface area contributed by atoms with E-state index in [9.17, 15) is 9.18 Å². The Hall–Kier alpha value is -2.43. The first-order valence-electron chi connectivity index (χ1n) is 5.29. The van der Waals surface area contributed by atoms with Crippen molar-refractivity contribution in [3.05, 3.63) is 53.6 Å². The van der Waals surface area contributed by atoms with Crippen molar-refractivity contribution >= 4 is 11.6 Å². The molecule has 0 unspecified atom stereocenters. The zero-order chi connectivity index (χ0) is 13.1. The van der Waals surface area contributed by atoms with Crippen LogP contribution in [-0.4, -0.2) is 16.0 Å². The number of pyridine rings is 1. The van der Waals surface area contributed by atoms with Crippen LogP contribution in [0.3, 0.4) is 0 Å². The van der Waals surface area contributed by atoms with Crippen LogP contribution in [0.25, 0.3) is 0 Å². The van der Waals surface area contributed by atoms with Gasteiger partial charge in [0.2, 0.25) is 0 Å². The van der Waals surface area contributed by atoms with E-state index in [4.69, 9.17) is 5.11 Å². The van der Waals surface area contributed by atoms with Gasteiger partial charge in [0.05, 0.1) is 5.56 Å². The van der Waals surface area contributed by atoms with Crippen LogP contribution in [0.2, 0.25) is 0 Å². The molecule has 4 nitrogen and oxygen atoms in total. The van der Waals surface area contributed by atoms with Gasteiger partial charge in [-0.3, -0.25) is 9.78 Å². The summed E-state index contributed by atoms with van der Waals surface area (Å²) in [5.41, 5.74) is 1.46. The predicted octanol–water partition coefficient (Wildman–Crippen LogP) is 2.49. The highest BCUT2D eigenvalue weighted by Crippen LogP contribution is 2.19. The highest BCUT2D eigenvalue weighted by molar-refractivity contribution is 6.04. The van der Waals surface area contributed by atoms with Crippen molar-refractivity contribution in [3.8, 4) is 5.75 Å². The molecule has 2 rings (SSSR count). The van der Waals surface area contributed by atoms with Crippen LogP contribution in [0.4, 0.5) is 10.1 Å². The molecule has 1 heterocycles. The number of halogens is 1. The molecule has 1 aromatic heterocycles. The number of phenolic OH excluding ortho intramolecular Hbond substituents is 1. The number of aryl methyl sites for hydroxylation is 1. The van der Waals surface area contributed by atoms with Crippen molar-refractivity contribution in [1.82, 2.24) is 4.98 Å². The number of nitrogens with one attached hydrogen (secondary N) is 1. The number of amides is 1. The molecule has 0 aliphatic heterocycles. The van der Waals surface area contributed by atoms with Gasteiger partial charge in [0.15, 0.2) is 11.6 Å². The molecule has 0 bridgehead atoms. The zero-order valence-corrected chi connectivity index (χ0v) is 9.64. The maximum absolute atomic E-state index is 13.1. The number of phenols is 1. The van der Waals surface area contributed by atoms with Gasteiger partial charge in [-0.2, -0.15) is 0 Å². The summed E-state index contributed by atoms with van der Waals surface area (Å²) >= 11 is 0. The molecule has 92 valence electrons. The second-order valence-electron chi connectivity index (χ2n) is 3.81. The van der Waals surface area contributed by atoms with Gasteiger partial charge in [-0.25, -0.2) is 4.39 Å². The number of carbonyl (C=O) groups is 1. The van der Waals surface area contributed by atoms with Gasteiger partial charge in [0.25, 0.3) is 5.91 Å². The van der Waals surface area contributed by atoms with E-state index in [1.165, 1.54) is 18.3 Å². The normalized spacial score (nSPS) is 10.1. The van der Waals surface area contributed by atoms with E-state index >= 15 is 0 Å². The first-order chi connectivity index (χ1) is 8.56. The standard InChI is InChI=1S/C13H11FN2O2/c1-8-2-3-9(7-15-8)13(18)16-10-4-5-12(17)11(14)6-10/h2-7,17H,1H3,(H,16,18). The lowest BCUT2D eigenvalue weighted by atomic mass is 10.2. The summed E-state index contributed by atoms with van der Waals surface area (Å²) in [4.78, 5) is 15.8. The molecule has 0 saturated heterocycles. The highest BCUT2D eigenvalue weighted by Gasteiger charge is 2.08. The van der Waals surface area contributed by atoms with E-state index in [0.717, 1.165) is 11.8 Å². The molecule has 0 fully saturated rings. The van der Waals surface area contributed by atoms with Gasteiger partial charge in [0.1, 0.15) is 0 Å². The number of anilines is 1. The molecule has 0 atom stereocenters. The smallest absolute Gasteiger partial charge is 0.257 e. The van der Waals surface area contributed by atoms with Crippen LogP contribution in [0.15, 0.2) is 36.5 Å². The SMILES string of the molecule is Cc1ccc(C(=O)Nc2ccc(O)c(F)c2)cn1.